The number of carbonyl (C=O) groups excluding carboxylic acids is 1. The second-order valence-electron chi connectivity index (χ2n) is 6.30. The molecular weight excluding hydrogens is 262 g/mol. The summed E-state index contributed by atoms with van der Waals surface area (Å²) in [6, 6.07) is 11.1. The fourth-order valence-corrected chi connectivity index (χ4v) is 3.24. The molecule has 4 heteroatoms. The number of likely N-dealkylation sites (tertiary alicyclic amines) is 1. The van der Waals surface area contributed by atoms with E-state index in [9.17, 15) is 4.79 Å². The van der Waals surface area contributed by atoms with Crippen LogP contribution >= 0.6 is 0 Å². The summed E-state index contributed by atoms with van der Waals surface area (Å²) in [5, 5.41) is 3.18. The van der Waals surface area contributed by atoms with Crippen LogP contribution in [0.4, 0.5) is 0 Å². The highest BCUT2D eigenvalue weighted by atomic mass is 16.2. The lowest BCUT2D eigenvalue weighted by Gasteiger charge is -2.39. The third-order valence-electron chi connectivity index (χ3n) is 4.83. The molecule has 21 heavy (non-hydrogen) atoms. The number of nitrogens with one attached hydrogen (secondary N) is 1. The highest BCUT2D eigenvalue weighted by Crippen LogP contribution is 2.20. The van der Waals surface area contributed by atoms with E-state index < -0.39 is 0 Å². The molecule has 0 bridgehead atoms. The van der Waals surface area contributed by atoms with E-state index in [2.05, 4.69) is 40.5 Å². The van der Waals surface area contributed by atoms with Crippen molar-refractivity contribution in [2.45, 2.75) is 25.4 Å². The predicted molar refractivity (Wildman–Crippen MR) is 83.9 cm³/mol. The average Bonchev–Trinajstić information content (AvgIpc) is 2.46. The van der Waals surface area contributed by atoms with Crippen LogP contribution in [-0.2, 0) is 11.3 Å². The zero-order valence-corrected chi connectivity index (χ0v) is 12.8. The van der Waals surface area contributed by atoms with Gasteiger partial charge in [-0.1, -0.05) is 30.3 Å². The van der Waals surface area contributed by atoms with Crippen LogP contribution in [0.25, 0.3) is 0 Å². The van der Waals surface area contributed by atoms with Gasteiger partial charge in [0.1, 0.15) is 0 Å². The molecule has 2 aliphatic rings. The van der Waals surface area contributed by atoms with Gasteiger partial charge in [0.25, 0.3) is 0 Å². The first-order valence-corrected chi connectivity index (χ1v) is 7.97. The number of amides is 1. The summed E-state index contributed by atoms with van der Waals surface area (Å²) in [6.07, 6.45) is 2.18. The van der Waals surface area contributed by atoms with Crippen molar-refractivity contribution in [3.63, 3.8) is 0 Å². The highest BCUT2D eigenvalue weighted by Gasteiger charge is 2.32. The Kier molecular flexibility index (Phi) is 4.56. The summed E-state index contributed by atoms with van der Waals surface area (Å²) in [4.78, 5) is 16.8. The van der Waals surface area contributed by atoms with Gasteiger partial charge in [-0.15, -0.1) is 0 Å². The number of benzene rings is 1. The minimum absolute atomic E-state index is 0.220. The van der Waals surface area contributed by atoms with E-state index in [-0.39, 0.29) is 5.92 Å². The fraction of sp³-hybridized carbons (Fsp3) is 0.588. The van der Waals surface area contributed by atoms with Crippen LogP contribution in [0.3, 0.4) is 0 Å². The van der Waals surface area contributed by atoms with Gasteiger partial charge >= 0.3 is 0 Å². The van der Waals surface area contributed by atoms with Gasteiger partial charge in [-0.3, -0.25) is 9.69 Å². The fourth-order valence-electron chi connectivity index (χ4n) is 3.24. The topological polar surface area (TPSA) is 35.6 Å². The molecular formula is C17H25N3O. The van der Waals surface area contributed by atoms with Gasteiger partial charge in [0, 0.05) is 45.8 Å². The molecule has 1 amide bonds. The zero-order valence-electron chi connectivity index (χ0n) is 12.8. The Balaban J connectivity index is 1.47. The van der Waals surface area contributed by atoms with Crippen LogP contribution in [0, 0.1) is 5.92 Å². The lowest BCUT2D eigenvalue weighted by molar-refractivity contribution is -0.138. The largest absolute Gasteiger partial charge is 0.342 e. The van der Waals surface area contributed by atoms with E-state index in [0.29, 0.717) is 11.9 Å². The number of nitrogens with zero attached hydrogens (tertiary/aromatic N) is 2. The van der Waals surface area contributed by atoms with Crippen molar-refractivity contribution in [2.24, 2.45) is 5.92 Å². The van der Waals surface area contributed by atoms with Gasteiger partial charge in [0.05, 0.1) is 5.92 Å². The minimum atomic E-state index is 0.220. The van der Waals surface area contributed by atoms with E-state index in [1.54, 1.807) is 0 Å². The molecule has 0 aliphatic carbocycles. The van der Waals surface area contributed by atoms with Gasteiger partial charge in [0.15, 0.2) is 0 Å². The molecule has 0 aromatic heterocycles. The van der Waals surface area contributed by atoms with Crippen molar-refractivity contribution in [2.75, 3.05) is 33.2 Å². The van der Waals surface area contributed by atoms with E-state index in [1.165, 1.54) is 5.56 Å². The van der Waals surface area contributed by atoms with Crippen LogP contribution in [0.5, 0.6) is 0 Å². The maximum Gasteiger partial charge on any atom is 0.228 e. The molecule has 2 fully saturated rings. The SMILES string of the molecule is CN(C(=O)C1CNC1)C1CCN(Cc2ccccc2)CC1. The number of hydrogen-bond acceptors (Lipinski definition) is 3. The van der Waals surface area contributed by atoms with E-state index in [0.717, 1.165) is 45.6 Å². The Labute approximate surface area is 127 Å². The number of piperidine rings is 1. The lowest BCUT2D eigenvalue weighted by Crippen LogP contribution is -2.54. The molecule has 0 atom stereocenters. The standard InChI is InChI=1S/C17H25N3O/c1-19(17(21)15-11-18-12-15)16-7-9-20(10-8-16)13-14-5-3-2-4-6-14/h2-6,15-16,18H,7-13H2,1H3. The van der Waals surface area contributed by atoms with Crippen LogP contribution in [0.2, 0.25) is 0 Å². The van der Waals surface area contributed by atoms with E-state index >= 15 is 0 Å². The molecule has 2 aliphatic heterocycles. The maximum atomic E-state index is 12.3. The third kappa shape index (κ3) is 3.44. The number of rotatable bonds is 4. The molecule has 1 aromatic rings. The quantitative estimate of drug-likeness (QED) is 0.907. The summed E-state index contributed by atoms with van der Waals surface area (Å²) < 4.78 is 0. The van der Waals surface area contributed by atoms with Crippen molar-refractivity contribution in [1.82, 2.24) is 15.1 Å². The average molecular weight is 287 g/mol. The second kappa shape index (κ2) is 6.58. The normalized spacial score (nSPS) is 21.0. The zero-order chi connectivity index (χ0) is 14.7. The summed E-state index contributed by atoms with van der Waals surface area (Å²) >= 11 is 0. The molecule has 1 aromatic carbocycles. The Morgan fingerprint density at radius 3 is 2.48 bits per heavy atom. The maximum absolute atomic E-state index is 12.3. The van der Waals surface area contributed by atoms with Gasteiger partial charge in [-0.05, 0) is 18.4 Å². The molecule has 114 valence electrons. The van der Waals surface area contributed by atoms with Crippen LogP contribution in [0.1, 0.15) is 18.4 Å². The van der Waals surface area contributed by atoms with Crippen LogP contribution in [0.15, 0.2) is 30.3 Å². The van der Waals surface area contributed by atoms with E-state index in [1.807, 2.05) is 11.9 Å². The molecule has 0 spiro atoms. The highest BCUT2D eigenvalue weighted by molar-refractivity contribution is 5.80. The second-order valence-corrected chi connectivity index (χ2v) is 6.30. The summed E-state index contributed by atoms with van der Waals surface area (Å²) in [5.41, 5.74) is 1.38. The Bertz CT molecular complexity index is 464. The first kappa shape index (κ1) is 14.5. The summed E-state index contributed by atoms with van der Waals surface area (Å²) in [6.45, 7) is 4.91. The van der Waals surface area contributed by atoms with Gasteiger partial charge in [-0.25, -0.2) is 0 Å². The number of carbonyl (C=O) groups is 1. The van der Waals surface area contributed by atoms with E-state index in [4.69, 9.17) is 0 Å². The smallest absolute Gasteiger partial charge is 0.228 e. The first-order chi connectivity index (χ1) is 10.2. The first-order valence-electron chi connectivity index (χ1n) is 7.97. The van der Waals surface area contributed by atoms with Crippen molar-refractivity contribution >= 4 is 5.91 Å². The van der Waals surface area contributed by atoms with Crippen molar-refractivity contribution < 1.29 is 4.79 Å². The third-order valence-corrected chi connectivity index (χ3v) is 4.83. The molecule has 0 saturated carbocycles. The van der Waals surface area contributed by atoms with Crippen LogP contribution in [-0.4, -0.2) is 55.0 Å². The van der Waals surface area contributed by atoms with Gasteiger partial charge in [-0.2, -0.15) is 0 Å². The summed E-state index contributed by atoms with van der Waals surface area (Å²) in [7, 11) is 1.98. The van der Waals surface area contributed by atoms with Crippen molar-refractivity contribution in [1.29, 1.82) is 0 Å². The van der Waals surface area contributed by atoms with Gasteiger partial charge in [0.2, 0.25) is 5.91 Å². The number of hydrogen-bond donors (Lipinski definition) is 1. The molecule has 1 N–H and O–H groups in total. The Morgan fingerprint density at radius 1 is 1.24 bits per heavy atom. The minimum Gasteiger partial charge on any atom is -0.342 e. The lowest BCUT2D eigenvalue weighted by atomic mass is 9.98. The monoisotopic (exact) mass is 287 g/mol. The van der Waals surface area contributed by atoms with Crippen molar-refractivity contribution in [3.05, 3.63) is 35.9 Å². The Morgan fingerprint density at radius 2 is 1.90 bits per heavy atom. The van der Waals surface area contributed by atoms with Crippen LogP contribution < -0.4 is 5.32 Å². The molecule has 3 rings (SSSR count). The molecule has 0 unspecified atom stereocenters. The van der Waals surface area contributed by atoms with Gasteiger partial charge < -0.3 is 10.2 Å². The summed E-state index contributed by atoms with van der Waals surface area (Å²) in [5.74, 6) is 0.549. The van der Waals surface area contributed by atoms with Crippen molar-refractivity contribution in [3.8, 4) is 0 Å². The molecule has 0 radical (unpaired) electrons. The predicted octanol–water partition coefficient (Wildman–Crippen LogP) is 1.33. The molecule has 2 saturated heterocycles. The molecule has 4 nitrogen and oxygen atoms in total. The molecule has 2 heterocycles. The Hall–Kier alpha value is -1.39.